The number of aromatic nitrogens is 1. The van der Waals surface area contributed by atoms with Crippen molar-refractivity contribution in [3.8, 4) is 0 Å². The van der Waals surface area contributed by atoms with Crippen LogP contribution in [0.15, 0.2) is 12.3 Å². The number of hydrogen-bond acceptors (Lipinski definition) is 2. The summed E-state index contributed by atoms with van der Waals surface area (Å²) in [6, 6.07) is 1.79. The second-order valence-electron chi connectivity index (χ2n) is 4.27. The zero-order chi connectivity index (χ0) is 12.3. The van der Waals surface area contributed by atoms with Crippen molar-refractivity contribution in [3.63, 3.8) is 0 Å². The van der Waals surface area contributed by atoms with E-state index in [0.717, 1.165) is 5.56 Å². The number of anilines is 1. The third-order valence-electron chi connectivity index (χ3n) is 2.30. The van der Waals surface area contributed by atoms with E-state index in [9.17, 15) is 4.79 Å². The van der Waals surface area contributed by atoms with Crippen LogP contribution in [0.25, 0.3) is 0 Å². The highest BCUT2D eigenvalue weighted by atomic mass is 35.5. The number of rotatable bonds is 3. The maximum absolute atomic E-state index is 11.9. The highest BCUT2D eigenvalue weighted by Crippen LogP contribution is 2.26. The van der Waals surface area contributed by atoms with Gasteiger partial charge in [-0.05, 0) is 32.4 Å². The molecule has 1 amide bonds. The van der Waals surface area contributed by atoms with Crippen LogP contribution in [0, 0.1) is 12.3 Å². The number of pyridine rings is 1. The van der Waals surface area contributed by atoms with E-state index in [4.69, 9.17) is 23.2 Å². The van der Waals surface area contributed by atoms with Gasteiger partial charge in [-0.3, -0.25) is 4.79 Å². The first kappa shape index (κ1) is 13.3. The van der Waals surface area contributed by atoms with Gasteiger partial charge >= 0.3 is 0 Å². The Bertz CT molecular complexity index is 385. The van der Waals surface area contributed by atoms with Gasteiger partial charge in [0, 0.05) is 12.1 Å². The zero-order valence-corrected chi connectivity index (χ0v) is 11.0. The number of amides is 1. The molecule has 0 unspecified atom stereocenters. The molecule has 3 nitrogen and oxygen atoms in total. The SMILES string of the molecule is Cc1ccnc(Cl)c1NC(=O)C(C)(C)CCl. The molecule has 0 radical (unpaired) electrons. The van der Waals surface area contributed by atoms with Crippen LogP contribution in [0.2, 0.25) is 5.15 Å². The monoisotopic (exact) mass is 260 g/mol. The summed E-state index contributed by atoms with van der Waals surface area (Å²) in [4.78, 5) is 15.8. The third-order valence-corrected chi connectivity index (χ3v) is 3.26. The third kappa shape index (κ3) is 2.86. The Morgan fingerprint density at radius 2 is 2.19 bits per heavy atom. The van der Waals surface area contributed by atoms with Crippen molar-refractivity contribution in [1.82, 2.24) is 4.98 Å². The minimum atomic E-state index is -0.632. The minimum absolute atomic E-state index is 0.166. The van der Waals surface area contributed by atoms with Gasteiger partial charge in [0.2, 0.25) is 5.91 Å². The van der Waals surface area contributed by atoms with Crippen LogP contribution in [0.3, 0.4) is 0 Å². The summed E-state index contributed by atoms with van der Waals surface area (Å²) in [5.74, 6) is 0.0796. The smallest absolute Gasteiger partial charge is 0.231 e. The number of alkyl halides is 1. The van der Waals surface area contributed by atoms with Crippen LogP contribution < -0.4 is 5.32 Å². The molecule has 1 rings (SSSR count). The van der Waals surface area contributed by atoms with Crippen LogP contribution in [-0.4, -0.2) is 16.8 Å². The molecule has 0 aliphatic rings. The van der Waals surface area contributed by atoms with Crippen molar-refractivity contribution in [1.29, 1.82) is 0 Å². The van der Waals surface area contributed by atoms with E-state index in [1.807, 2.05) is 6.92 Å². The van der Waals surface area contributed by atoms with E-state index in [0.29, 0.717) is 10.8 Å². The Labute approximate surface area is 105 Å². The molecule has 1 aromatic heterocycles. The maximum Gasteiger partial charge on any atom is 0.231 e. The zero-order valence-electron chi connectivity index (χ0n) is 9.47. The van der Waals surface area contributed by atoms with E-state index in [1.54, 1.807) is 26.1 Å². The summed E-state index contributed by atoms with van der Waals surface area (Å²) in [7, 11) is 0. The standard InChI is InChI=1S/C11H14Cl2N2O/c1-7-4-5-14-9(13)8(7)15-10(16)11(2,3)6-12/h4-5H,6H2,1-3H3,(H,15,16). The van der Waals surface area contributed by atoms with Crippen molar-refractivity contribution in [2.75, 3.05) is 11.2 Å². The number of nitrogens with zero attached hydrogens (tertiary/aromatic N) is 1. The van der Waals surface area contributed by atoms with Gasteiger partial charge in [0.05, 0.1) is 11.1 Å². The summed E-state index contributed by atoms with van der Waals surface area (Å²) >= 11 is 11.6. The van der Waals surface area contributed by atoms with E-state index in [-0.39, 0.29) is 11.8 Å². The lowest BCUT2D eigenvalue weighted by Gasteiger charge is -2.21. The highest BCUT2D eigenvalue weighted by Gasteiger charge is 2.27. The molecule has 88 valence electrons. The van der Waals surface area contributed by atoms with Gasteiger partial charge in [-0.25, -0.2) is 4.98 Å². The van der Waals surface area contributed by atoms with Gasteiger partial charge in [-0.15, -0.1) is 11.6 Å². The first-order valence-electron chi connectivity index (χ1n) is 4.87. The maximum atomic E-state index is 11.9. The Kier molecular flexibility index (Phi) is 4.16. The number of carbonyl (C=O) groups excluding carboxylic acids is 1. The molecule has 0 spiro atoms. The van der Waals surface area contributed by atoms with Gasteiger partial charge in [0.15, 0.2) is 5.15 Å². The topological polar surface area (TPSA) is 42.0 Å². The largest absolute Gasteiger partial charge is 0.323 e. The van der Waals surface area contributed by atoms with Crippen molar-refractivity contribution in [3.05, 3.63) is 23.0 Å². The van der Waals surface area contributed by atoms with Crippen molar-refractivity contribution in [2.24, 2.45) is 5.41 Å². The summed E-state index contributed by atoms with van der Waals surface area (Å²) in [5.41, 5.74) is 0.791. The van der Waals surface area contributed by atoms with Gasteiger partial charge in [0.1, 0.15) is 0 Å². The molecular weight excluding hydrogens is 247 g/mol. The molecule has 16 heavy (non-hydrogen) atoms. The fourth-order valence-electron chi connectivity index (χ4n) is 1.02. The first-order valence-corrected chi connectivity index (χ1v) is 5.78. The first-order chi connectivity index (χ1) is 7.38. The normalized spacial score (nSPS) is 11.3. The molecule has 0 fully saturated rings. The summed E-state index contributed by atoms with van der Waals surface area (Å²) in [6.45, 7) is 5.40. The van der Waals surface area contributed by atoms with Gasteiger partial charge < -0.3 is 5.32 Å². The lowest BCUT2D eigenvalue weighted by molar-refractivity contribution is -0.122. The lowest BCUT2D eigenvalue weighted by atomic mass is 9.95. The van der Waals surface area contributed by atoms with Crippen LogP contribution in [0.4, 0.5) is 5.69 Å². The molecule has 0 atom stereocenters. The number of aryl methyl sites for hydroxylation is 1. The Hall–Kier alpha value is -0.800. The molecule has 1 N–H and O–H groups in total. The quantitative estimate of drug-likeness (QED) is 0.670. The fraction of sp³-hybridized carbons (Fsp3) is 0.455. The van der Waals surface area contributed by atoms with Crippen LogP contribution in [0.5, 0.6) is 0 Å². The van der Waals surface area contributed by atoms with E-state index >= 15 is 0 Å². The van der Waals surface area contributed by atoms with Gasteiger partial charge in [-0.2, -0.15) is 0 Å². The van der Waals surface area contributed by atoms with Crippen molar-refractivity contribution < 1.29 is 4.79 Å². The average molecular weight is 261 g/mol. The molecule has 0 aromatic carbocycles. The Morgan fingerprint density at radius 3 is 2.69 bits per heavy atom. The molecule has 0 aliphatic carbocycles. The van der Waals surface area contributed by atoms with Crippen molar-refractivity contribution >= 4 is 34.8 Å². The van der Waals surface area contributed by atoms with Gasteiger partial charge in [-0.1, -0.05) is 11.6 Å². The molecule has 0 bridgehead atoms. The molecule has 0 saturated heterocycles. The van der Waals surface area contributed by atoms with Crippen LogP contribution in [0.1, 0.15) is 19.4 Å². The lowest BCUT2D eigenvalue weighted by Crippen LogP contribution is -2.32. The number of carbonyl (C=O) groups is 1. The molecular formula is C11H14Cl2N2O. The van der Waals surface area contributed by atoms with E-state index < -0.39 is 5.41 Å². The average Bonchev–Trinajstić information content (AvgIpc) is 2.23. The van der Waals surface area contributed by atoms with E-state index in [1.165, 1.54) is 0 Å². The fourth-order valence-corrected chi connectivity index (χ4v) is 1.39. The second kappa shape index (κ2) is 5.02. The second-order valence-corrected chi connectivity index (χ2v) is 4.89. The molecule has 0 saturated carbocycles. The Morgan fingerprint density at radius 1 is 1.56 bits per heavy atom. The van der Waals surface area contributed by atoms with Crippen LogP contribution >= 0.6 is 23.2 Å². The van der Waals surface area contributed by atoms with Gasteiger partial charge in [0.25, 0.3) is 0 Å². The highest BCUT2D eigenvalue weighted by molar-refractivity contribution is 6.32. The predicted molar refractivity (Wildman–Crippen MR) is 67.1 cm³/mol. The van der Waals surface area contributed by atoms with E-state index in [2.05, 4.69) is 10.3 Å². The Balaban J connectivity index is 2.94. The number of nitrogens with one attached hydrogen (secondary N) is 1. The summed E-state index contributed by atoms with van der Waals surface area (Å²) in [6.07, 6.45) is 1.60. The molecule has 5 heteroatoms. The minimum Gasteiger partial charge on any atom is -0.323 e. The number of halogens is 2. The van der Waals surface area contributed by atoms with Crippen LogP contribution in [-0.2, 0) is 4.79 Å². The predicted octanol–water partition coefficient (Wildman–Crippen LogP) is 3.25. The summed E-state index contributed by atoms with van der Waals surface area (Å²) < 4.78 is 0. The van der Waals surface area contributed by atoms with Crippen molar-refractivity contribution in [2.45, 2.75) is 20.8 Å². The molecule has 0 aliphatic heterocycles. The molecule has 1 heterocycles. The molecule has 1 aromatic rings. The summed E-state index contributed by atoms with van der Waals surface area (Å²) in [5, 5.41) is 3.04. The number of hydrogen-bond donors (Lipinski definition) is 1.